The van der Waals surface area contributed by atoms with Gasteiger partial charge in [0.15, 0.2) is 5.82 Å². The van der Waals surface area contributed by atoms with E-state index in [1.54, 1.807) is 18.3 Å². The molecule has 7 aliphatic rings. The van der Waals surface area contributed by atoms with Crippen molar-refractivity contribution in [2.45, 2.75) is 101 Å². The van der Waals surface area contributed by atoms with Crippen LogP contribution in [0.2, 0.25) is 0 Å². The lowest BCUT2D eigenvalue weighted by atomic mass is 9.64. The predicted molar refractivity (Wildman–Crippen MR) is 262 cm³/mol. The first-order valence-corrected chi connectivity index (χ1v) is 25.8. The molecule has 7 fully saturated rings. The van der Waals surface area contributed by atoms with Crippen molar-refractivity contribution in [2.24, 2.45) is 10.8 Å². The third kappa shape index (κ3) is 8.77. The number of carbonyl (C=O) groups excluding carboxylic acids is 2. The van der Waals surface area contributed by atoms with Crippen LogP contribution < -0.4 is 25.2 Å². The molecule has 2 saturated carbocycles. The first kappa shape index (κ1) is 47.3. The van der Waals surface area contributed by atoms with Gasteiger partial charge in [-0.1, -0.05) is 13.0 Å². The van der Waals surface area contributed by atoms with E-state index in [1.165, 1.54) is 24.3 Å². The fourth-order valence-electron chi connectivity index (χ4n) is 13.1. The molecular weight excluding hydrogens is 934 g/mol. The molecule has 2 bridgehead atoms. The van der Waals surface area contributed by atoms with Crippen molar-refractivity contribution in [1.82, 2.24) is 35.4 Å². The number of halogens is 5. The molecule has 2 aromatic heterocycles. The lowest BCUT2D eigenvalue weighted by Gasteiger charge is -2.55. The summed E-state index contributed by atoms with van der Waals surface area (Å²) >= 11 is 0. The Morgan fingerprint density at radius 1 is 0.819 bits per heavy atom. The van der Waals surface area contributed by atoms with Gasteiger partial charge in [0.1, 0.15) is 45.9 Å². The highest BCUT2D eigenvalue weighted by Crippen LogP contribution is 2.53. The lowest BCUT2D eigenvalue weighted by molar-refractivity contribution is -0.134. The average Bonchev–Trinajstić information content (AvgIpc) is 4.04. The van der Waals surface area contributed by atoms with Gasteiger partial charge in [0.05, 0.1) is 17.9 Å². The lowest BCUT2D eigenvalue weighted by Crippen LogP contribution is -2.61. The second-order valence-corrected chi connectivity index (χ2v) is 22.2. The fraction of sp³-hybridized carbons (Fsp3) is 0.537. The molecule has 72 heavy (non-hydrogen) atoms. The van der Waals surface area contributed by atoms with Crippen molar-refractivity contribution in [3.63, 3.8) is 0 Å². The summed E-state index contributed by atoms with van der Waals surface area (Å²) < 4.78 is 86.0. The molecule has 5 saturated heterocycles. The number of hydrogen-bond acceptors (Lipinski definition) is 12. The largest absolute Gasteiger partial charge is 0.508 e. The van der Waals surface area contributed by atoms with Gasteiger partial charge >= 0.3 is 6.01 Å². The number of rotatable bonds is 12. The topological polar surface area (TPSA) is 139 Å². The van der Waals surface area contributed by atoms with Gasteiger partial charge in [-0.25, -0.2) is 22.0 Å². The smallest absolute Gasteiger partial charge is 0.319 e. The summed E-state index contributed by atoms with van der Waals surface area (Å²) in [5.41, 5.74) is -0.564. The summed E-state index contributed by atoms with van der Waals surface area (Å²) in [6, 6.07) is 9.09. The molecule has 18 heteroatoms. The summed E-state index contributed by atoms with van der Waals surface area (Å²) in [5.74, 6) is -4.43. The van der Waals surface area contributed by atoms with Crippen LogP contribution in [0, 0.1) is 34.1 Å². The number of aryl methyl sites for hydroxylation is 1. The standard InChI is InChI=1S/C54H60F5N9O4/c1-2-36-40(55)7-3-31-19-35(69)22-38(44(31)36)47-46(58)48-39(23-60-47)49(68-24-32-4-5-33(25-68)61-32)64-51(63-48)72-30-53(9-10-53)28-66-26-52(27-66)11-13-54(59,14-12-52)29-65-15-17-67(18-16-65)34-20-41(56)45(42(57)21-34)37-6-8-43(70)62-50(37)71/h3,7,19-23,32-33,37,61,69H,2,4-6,8-18,24-30H2,1H3,(H,62,70,71). The summed E-state index contributed by atoms with van der Waals surface area (Å²) in [5, 5.41) is 18.1. The average molecular weight is 994 g/mol. The number of nitrogens with one attached hydrogen (secondary N) is 2. The number of phenols is 1. The number of amides is 2. The summed E-state index contributed by atoms with van der Waals surface area (Å²) in [4.78, 5) is 46.8. The van der Waals surface area contributed by atoms with Gasteiger partial charge in [0.25, 0.3) is 0 Å². The summed E-state index contributed by atoms with van der Waals surface area (Å²) in [6.07, 6.45) is 8.64. The number of aromatic hydroxyl groups is 1. The number of pyridine rings is 1. The van der Waals surface area contributed by atoms with Crippen LogP contribution in [-0.4, -0.2) is 131 Å². The van der Waals surface area contributed by atoms with Crippen molar-refractivity contribution < 1.29 is 41.4 Å². The van der Waals surface area contributed by atoms with Gasteiger partial charge in [0, 0.05) is 112 Å². The van der Waals surface area contributed by atoms with Gasteiger partial charge in [0.2, 0.25) is 11.8 Å². The summed E-state index contributed by atoms with van der Waals surface area (Å²) in [7, 11) is 0. The predicted octanol–water partition coefficient (Wildman–Crippen LogP) is 7.70. The maximum atomic E-state index is 17.2. The van der Waals surface area contributed by atoms with Crippen LogP contribution in [0.5, 0.6) is 11.8 Å². The second kappa shape index (κ2) is 18.0. The third-order valence-corrected chi connectivity index (χ3v) is 17.2. The molecule has 3 atom stereocenters. The molecule has 2 aliphatic carbocycles. The third-order valence-electron chi connectivity index (χ3n) is 17.2. The number of nitrogens with zero attached hydrogens (tertiary/aromatic N) is 7. The Morgan fingerprint density at radius 3 is 2.22 bits per heavy atom. The minimum absolute atomic E-state index is 0.0259. The molecule has 380 valence electrons. The number of benzene rings is 3. The molecule has 2 amide bonds. The van der Waals surface area contributed by atoms with Crippen LogP contribution in [-0.2, 0) is 16.0 Å². The number of ether oxygens (including phenoxy) is 1. The number of imide groups is 1. The second-order valence-electron chi connectivity index (χ2n) is 22.2. The van der Waals surface area contributed by atoms with E-state index in [1.807, 2.05) is 11.8 Å². The number of carbonyl (C=O) groups is 2. The number of hydrogen-bond donors (Lipinski definition) is 3. The van der Waals surface area contributed by atoms with E-state index in [9.17, 15) is 14.7 Å². The van der Waals surface area contributed by atoms with Crippen LogP contribution in [0.25, 0.3) is 32.9 Å². The number of likely N-dealkylation sites (tertiary alicyclic amines) is 1. The molecule has 12 rings (SSSR count). The molecule has 7 heterocycles. The fourth-order valence-corrected chi connectivity index (χ4v) is 13.1. The van der Waals surface area contributed by atoms with E-state index >= 15 is 22.0 Å². The molecule has 1 spiro atoms. The van der Waals surface area contributed by atoms with Crippen molar-refractivity contribution in [3.8, 4) is 23.0 Å². The Morgan fingerprint density at radius 2 is 1.54 bits per heavy atom. The Balaban J connectivity index is 0.681. The number of piperidine rings is 1. The van der Waals surface area contributed by atoms with E-state index in [0.717, 1.165) is 58.2 Å². The maximum Gasteiger partial charge on any atom is 0.319 e. The number of anilines is 2. The number of alkyl halides is 1. The first-order valence-electron chi connectivity index (χ1n) is 25.8. The molecule has 13 nitrogen and oxygen atoms in total. The van der Waals surface area contributed by atoms with E-state index in [0.29, 0.717) is 105 Å². The summed E-state index contributed by atoms with van der Waals surface area (Å²) in [6.45, 7) is 8.63. The van der Waals surface area contributed by atoms with Gasteiger partial charge in [-0.2, -0.15) is 9.97 Å². The van der Waals surface area contributed by atoms with Crippen LogP contribution in [0.15, 0.2) is 42.6 Å². The van der Waals surface area contributed by atoms with Gasteiger partial charge in [-0.05, 0) is 116 Å². The minimum atomic E-state index is -1.31. The van der Waals surface area contributed by atoms with Gasteiger partial charge < -0.3 is 29.9 Å². The van der Waals surface area contributed by atoms with Crippen molar-refractivity contribution in [2.75, 3.05) is 81.9 Å². The van der Waals surface area contributed by atoms with Crippen LogP contribution in [0.4, 0.5) is 33.5 Å². The van der Waals surface area contributed by atoms with Crippen molar-refractivity contribution >= 4 is 45.0 Å². The normalized spacial score (nSPS) is 24.8. The van der Waals surface area contributed by atoms with E-state index < -0.39 is 46.7 Å². The SMILES string of the molecule is CCc1c(F)ccc2cc(O)cc(-c3ncc4c(N5CC6CCC(C5)N6)nc(OCC5(CN6CC7(CCC(F)(CN8CCN(c9cc(F)c(C%10CCC(=O)NC%10=O)c(F)c9)CC8)CC7)C6)CC5)nc4c3F)c12. The molecular formula is C54H60F5N9O4. The molecule has 3 unspecified atom stereocenters. The van der Waals surface area contributed by atoms with E-state index in [2.05, 4.69) is 30.3 Å². The van der Waals surface area contributed by atoms with Crippen LogP contribution in [0.1, 0.15) is 88.2 Å². The zero-order valence-corrected chi connectivity index (χ0v) is 40.5. The molecule has 5 aromatic rings. The quantitative estimate of drug-likeness (QED) is 0.0835. The van der Waals surface area contributed by atoms with Gasteiger partial charge in [-0.3, -0.25) is 24.8 Å². The van der Waals surface area contributed by atoms with E-state index in [4.69, 9.17) is 14.7 Å². The van der Waals surface area contributed by atoms with E-state index in [-0.39, 0.29) is 69.9 Å². The highest BCUT2D eigenvalue weighted by Gasteiger charge is 2.54. The highest BCUT2D eigenvalue weighted by molar-refractivity contribution is 6.02. The van der Waals surface area contributed by atoms with Crippen molar-refractivity contribution in [3.05, 3.63) is 77.0 Å². The zero-order chi connectivity index (χ0) is 49.7. The highest BCUT2D eigenvalue weighted by atomic mass is 19.2. The number of aromatic nitrogens is 3. The Labute approximate surface area is 414 Å². The van der Waals surface area contributed by atoms with Crippen LogP contribution in [0.3, 0.4) is 0 Å². The number of piperazine rings is 2. The maximum absolute atomic E-state index is 17.2. The minimum Gasteiger partial charge on any atom is -0.508 e. The Kier molecular flexibility index (Phi) is 11.8. The number of fused-ring (bicyclic) bond motifs is 4. The first-order chi connectivity index (χ1) is 34.7. The van der Waals surface area contributed by atoms with Crippen LogP contribution >= 0.6 is 0 Å². The molecule has 0 radical (unpaired) electrons. The van der Waals surface area contributed by atoms with Gasteiger partial charge in [-0.15, -0.1) is 0 Å². The monoisotopic (exact) mass is 993 g/mol. The zero-order valence-electron chi connectivity index (χ0n) is 40.5. The molecule has 3 aromatic carbocycles. The van der Waals surface area contributed by atoms with Crippen molar-refractivity contribution in [1.29, 1.82) is 0 Å². The molecule has 5 aliphatic heterocycles. The Hall–Kier alpha value is -5.72. The Bertz CT molecular complexity index is 2950. The molecule has 3 N–H and O–H groups in total. The number of phenolic OH excluding ortho intramolecular Hbond substituents is 1.